The highest BCUT2D eigenvalue weighted by Crippen LogP contribution is 2.41. The molecule has 21 heavy (non-hydrogen) atoms. The fourth-order valence-electron chi connectivity index (χ4n) is 3.61. The third-order valence-electron chi connectivity index (χ3n) is 5.07. The number of carbonyl (C=O) groups is 1. The third-order valence-corrected chi connectivity index (χ3v) is 5.07. The highest BCUT2D eigenvalue weighted by atomic mass is 16.5. The van der Waals surface area contributed by atoms with Gasteiger partial charge in [0.25, 0.3) is 0 Å². The van der Waals surface area contributed by atoms with Gasteiger partial charge >= 0.3 is 5.97 Å². The molecule has 0 amide bonds. The number of hydrogen-bond donors (Lipinski definition) is 1. The van der Waals surface area contributed by atoms with E-state index in [1.807, 2.05) is 0 Å². The van der Waals surface area contributed by atoms with E-state index in [1.54, 1.807) is 7.11 Å². The molecule has 122 valence electrons. The highest BCUT2D eigenvalue weighted by Gasteiger charge is 2.52. The Morgan fingerprint density at radius 1 is 1.33 bits per heavy atom. The summed E-state index contributed by atoms with van der Waals surface area (Å²) in [4.78, 5) is 14.8. The minimum Gasteiger partial charge on any atom is -0.468 e. The molecule has 0 spiro atoms. The number of hydrogen-bond acceptors (Lipinski definition) is 5. The van der Waals surface area contributed by atoms with E-state index in [9.17, 15) is 4.79 Å². The van der Waals surface area contributed by atoms with Crippen LogP contribution in [0, 0.1) is 11.8 Å². The van der Waals surface area contributed by atoms with Crippen LogP contribution in [0.4, 0.5) is 0 Å². The van der Waals surface area contributed by atoms with Gasteiger partial charge in [-0.1, -0.05) is 13.8 Å². The topological polar surface area (TPSA) is 50.8 Å². The Hall–Kier alpha value is -0.650. The van der Waals surface area contributed by atoms with Gasteiger partial charge in [0.1, 0.15) is 5.54 Å². The first kappa shape index (κ1) is 16.7. The van der Waals surface area contributed by atoms with E-state index in [0.29, 0.717) is 11.8 Å². The zero-order valence-electron chi connectivity index (χ0n) is 13.9. The molecule has 1 heterocycles. The predicted molar refractivity (Wildman–Crippen MR) is 82.2 cm³/mol. The molecule has 3 atom stereocenters. The Morgan fingerprint density at radius 2 is 2.05 bits per heavy atom. The predicted octanol–water partition coefficient (Wildman–Crippen LogP) is 1.27. The van der Waals surface area contributed by atoms with Gasteiger partial charge in [0.15, 0.2) is 0 Å². The summed E-state index contributed by atoms with van der Waals surface area (Å²) in [5.74, 6) is 0.878. The van der Waals surface area contributed by atoms with Crippen molar-refractivity contribution >= 4 is 5.97 Å². The van der Waals surface area contributed by atoms with Crippen LogP contribution in [0.3, 0.4) is 0 Å². The average molecular weight is 298 g/mol. The van der Waals surface area contributed by atoms with E-state index in [4.69, 9.17) is 9.47 Å². The average Bonchev–Trinajstić information content (AvgIpc) is 3.32. The Bertz CT molecular complexity index is 359. The first-order valence-corrected chi connectivity index (χ1v) is 8.16. The lowest BCUT2D eigenvalue weighted by Gasteiger charge is -2.42. The number of rotatable bonds is 7. The van der Waals surface area contributed by atoms with E-state index in [1.165, 1.54) is 7.11 Å². The second-order valence-electron chi connectivity index (χ2n) is 6.54. The van der Waals surface area contributed by atoms with Crippen molar-refractivity contribution < 1.29 is 14.3 Å². The van der Waals surface area contributed by atoms with Crippen LogP contribution >= 0.6 is 0 Å². The van der Waals surface area contributed by atoms with Crippen LogP contribution in [-0.4, -0.2) is 62.9 Å². The third kappa shape index (κ3) is 3.58. The van der Waals surface area contributed by atoms with Crippen LogP contribution < -0.4 is 5.32 Å². The molecule has 2 aliphatic rings. The van der Waals surface area contributed by atoms with Gasteiger partial charge in [-0.05, 0) is 44.2 Å². The van der Waals surface area contributed by atoms with Crippen LogP contribution in [0.15, 0.2) is 0 Å². The molecule has 1 N–H and O–H groups in total. The summed E-state index contributed by atoms with van der Waals surface area (Å²) in [6.07, 6.45) is 3.60. The Kier molecular flexibility index (Phi) is 5.63. The number of methoxy groups -OCH3 is 2. The quantitative estimate of drug-likeness (QED) is 0.718. The maximum Gasteiger partial charge on any atom is 0.327 e. The lowest BCUT2D eigenvalue weighted by atomic mass is 9.89. The molecule has 5 heteroatoms. The van der Waals surface area contributed by atoms with E-state index in [0.717, 1.165) is 45.4 Å². The van der Waals surface area contributed by atoms with Crippen molar-refractivity contribution in [1.82, 2.24) is 10.2 Å². The van der Waals surface area contributed by atoms with Crippen LogP contribution in [0.5, 0.6) is 0 Å². The molecular weight excluding hydrogens is 268 g/mol. The van der Waals surface area contributed by atoms with Crippen LogP contribution in [0.2, 0.25) is 0 Å². The maximum absolute atomic E-state index is 12.5. The smallest absolute Gasteiger partial charge is 0.327 e. The van der Waals surface area contributed by atoms with Crippen molar-refractivity contribution in [3.63, 3.8) is 0 Å². The number of carbonyl (C=O) groups excluding carboxylic acids is 1. The van der Waals surface area contributed by atoms with E-state index >= 15 is 0 Å². The number of nitrogens with one attached hydrogen (secondary N) is 1. The summed E-state index contributed by atoms with van der Waals surface area (Å²) in [6.45, 7) is 7.72. The summed E-state index contributed by atoms with van der Waals surface area (Å²) in [7, 11) is 3.27. The fourth-order valence-corrected chi connectivity index (χ4v) is 3.61. The first-order chi connectivity index (χ1) is 10.1. The Balaban J connectivity index is 2.09. The standard InChI is InChI=1S/C16H30N2O3/c1-5-17-16(13-6-7-13,15(19)21-4)11-18-9-8-12(2)14(10-18)20-3/h12-14,17H,5-11H2,1-4H3. The molecule has 1 aliphatic carbocycles. The van der Waals surface area contributed by atoms with Crippen LogP contribution in [-0.2, 0) is 14.3 Å². The molecule has 2 rings (SSSR count). The molecule has 3 unspecified atom stereocenters. The van der Waals surface area contributed by atoms with Crippen LogP contribution in [0.1, 0.15) is 33.1 Å². The van der Waals surface area contributed by atoms with Crippen molar-refractivity contribution in [2.45, 2.75) is 44.8 Å². The second-order valence-corrected chi connectivity index (χ2v) is 6.54. The van der Waals surface area contributed by atoms with Gasteiger partial charge in [-0.2, -0.15) is 0 Å². The second kappa shape index (κ2) is 7.07. The van der Waals surface area contributed by atoms with E-state index in [2.05, 4.69) is 24.1 Å². The molecule has 1 saturated carbocycles. The molecule has 0 aromatic carbocycles. The molecule has 0 aromatic rings. The van der Waals surface area contributed by atoms with Crippen molar-refractivity contribution in [2.24, 2.45) is 11.8 Å². The Labute approximate surface area is 128 Å². The number of likely N-dealkylation sites (tertiary alicyclic amines) is 1. The molecule has 0 aromatic heterocycles. The van der Waals surface area contributed by atoms with Crippen LogP contribution in [0.25, 0.3) is 0 Å². The normalized spacial score (nSPS) is 29.9. The summed E-state index contributed by atoms with van der Waals surface area (Å²) < 4.78 is 10.7. The van der Waals surface area contributed by atoms with Crippen molar-refractivity contribution in [3.05, 3.63) is 0 Å². The van der Waals surface area contributed by atoms with E-state index in [-0.39, 0.29) is 12.1 Å². The minimum atomic E-state index is -0.539. The van der Waals surface area contributed by atoms with Gasteiger partial charge in [0.05, 0.1) is 13.2 Å². The number of piperidine rings is 1. The molecule has 1 saturated heterocycles. The van der Waals surface area contributed by atoms with Gasteiger partial charge in [-0.3, -0.25) is 4.90 Å². The van der Waals surface area contributed by atoms with Gasteiger partial charge in [0.2, 0.25) is 0 Å². The Morgan fingerprint density at radius 3 is 2.57 bits per heavy atom. The summed E-state index contributed by atoms with van der Waals surface area (Å²) in [6, 6.07) is 0. The molecule has 0 bridgehead atoms. The summed E-state index contributed by atoms with van der Waals surface area (Å²) in [5.41, 5.74) is -0.539. The lowest BCUT2D eigenvalue weighted by Crippen LogP contribution is -2.62. The molecule has 1 aliphatic heterocycles. The van der Waals surface area contributed by atoms with Crippen molar-refractivity contribution in [3.8, 4) is 0 Å². The number of esters is 1. The summed E-state index contributed by atoms with van der Waals surface area (Å²) >= 11 is 0. The van der Waals surface area contributed by atoms with Gasteiger partial charge in [0, 0.05) is 20.2 Å². The lowest BCUT2D eigenvalue weighted by molar-refractivity contribution is -0.151. The van der Waals surface area contributed by atoms with Gasteiger partial charge < -0.3 is 14.8 Å². The zero-order valence-corrected chi connectivity index (χ0v) is 13.9. The van der Waals surface area contributed by atoms with Crippen molar-refractivity contribution in [2.75, 3.05) is 40.4 Å². The molecular formula is C16H30N2O3. The molecule has 2 fully saturated rings. The maximum atomic E-state index is 12.5. The minimum absolute atomic E-state index is 0.112. The fraction of sp³-hybridized carbons (Fsp3) is 0.938. The summed E-state index contributed by atoms with van der Waals surface area (Å²) in [5, 5.41) is 3.44. The van der Waals surface area contributed by atoms with Gasteiger partial charge in [-0.15, -0.1) is 0 Å². The number of ether oxygens (including phenoxy) is 2. The number of nitrogens with zero attached hydrogens (tertiary/aromatic N) is 1. The first-order valence-electron chi connectivity index (χ1n) is 8.16. The van der Waals surface area contributed by atoms with E-state index < -0.39 is 5.54 Å². The molecule has 5 nitrogen and oxygen atoms in total. The van der Waals surface area contributed by atoms with Gasteiger partial charge in [-0.25, -0.2) is 4.79 Å². The highest BCUT2D eigenvalue weighted by molar-refractivity contribution is 5.82. The van der Waals surface area contributed by atoms with Crippen molar-refractivity contribution in [1.29, 1.82) is 0 Å². The molecule has 0 radical (unpaired) electrons. The zero-order chi connectivity index (χ0) is 15.5. The largest absolute Gasteiger partial charge is 0.468 e. The number of likely N-dealkylation sites (N-methyl/N-ethyl adjacent to an activating group) is 1. The SMILES string of the molecule is CCNC(CN1CCC(C)C(OC)C1)(C(=O)OC)C1CC1. The monoisotopic (exact) mass is 298 g/mol.